The molecule has 1 aliphatic heterocycles. The Balaban J connectivity index is 2.34. The van der Waals surface area contributed by atoms with Gasteiger partial charge in [0.1, 0.15) is 6.04 Å². The van der Waals surface area contributed by atoms with Gasteiger partial charge < -0.3 is 10.0 Å². The van der Waals surface area contributed by atoms with Crippen LogP contribution in [0, 0.1) is 13.8 Å². The molecule has 1 saturated heterocycles. The van der Waals surface area contributed by atoms with Crippen LogP contribution in [-0.4, -0.2) is 33.9 Å². The standard InChI is InChI=1S/C10H15N3O2/c1-6-9(7(2)12-11-6)13-5-3-4-8(13)10(14)15/h8H,3-5H2,1-2H3,(H,11,12)(H,14,15). The van der Waals surface area contributed by atoms with Crippen molar-refractivity contribution in [3.63, 3.8) is 0 Å². The van der Waals surface area contributed by atoms with Gasteiger partial charge in [-0.2, -0.15) is 5.10 Å². The van der Waals surface area contributed by atoms with E-state index in [0.717, 1.165) is 36.5 Å². The number of anilines is 1. The molecular formula is C10H15N3O2. The molecule has 1 aromatic rings. The first-order valence-electron chi connectivity index (χ1n) is 5.12. The van der Waals surface area contributed by atoms with Crippen LogP contribution in [0.25, 0.3) is 0 Å². The Kier molecular flexibility index (Phi) is 2.38. The minimum atomic E-state index is -0.743. The van der Waals surface area contributed by atoms with Gasteiger partial charge in [-0.3, -0.25) is 5.10 Å². The summed E-state index contributed by atoms with van der Waals surface area (Å²) in [6.45, 7) is 4.63. The van der Waals surface area contributed by atoms with Crippen molar-refractivity contribution in [2.24, 2.45) is 0 Å². The molecule has 0 bridgehead atoms. The predicted molar refractivity (Wildman–Crippen MR) is 56.1 cm³/mol. The average molecular weight is 209 g/mol. The number of aryl methyl sites for hydroxylation is 2. The molecule has 1 aliphatic rings. The molecule has 0 aliphatic carbocycles. The van der Waals surface area contributed by atoms with Crippen LogP contribution in [-0.2, 0) is 4.79 Å². The zero-order valence-electron chi connectivity index (χ0n) is 8.95. The second-order valence-corrected chi connectivity index (χ2v) is 3.97. The number of aliphatic carboxylic acids is 1. The molecule has 1 aromatic heterocycles. The Labute approximate surface area is 88.1 Å². The normalized spacial score (nSPS) is 20.9. The summed E-state index contributed by atoms with van der Waals surface area (Å²) < 4.78 is 0. The van der Waals surface area contributed by atoms with Crippen LogP contribution in [0.5, 0.6) is 0 Å². The van der Waals surface area contributed by atoms with Crippen molar-refractivity contribution in [2.45, 2.75) is 32.7 Å². The van der Waals surface area contributed by atoms with Gasteiger partial charge in [0.25, 0.3) is 0 Å². The number of carbonyl (C=O) groups is 1. The van der Waals surface area contributed by atoms with E-state index in [1.165, 1.54) is 0 Å². The predicted octanol–water partition coefficient (Wildman–Crippen LogP) is 1.08. The zero-order valence-corrected chi connectivity index (χ0v) is 8.95. The number of H-pyrrole nitrogens is 1. The van der Waals surface area contributed by atoms with Gasteiger partial charge in [0.05, 0.1) is 17.1 Å². The highest BCUT2D eigenvalue weighted by atomic mass is 16.4. The van der Waals surface area contributed by atoms with Crippen molar-refractivity contribution in [1.82, 2.24) is 10.2 Å². The van der Waals surface area contributed by atoms with Gasteiger partial charge >= 0.3 is 5.97 Å². The van der Waals surface area contributed by atoms with Gasteiger partial charge in [-0.25, -0.2) is 4.79 Å². The number of aromatic nitrogens is 2. The van der Waals surface area contributed by atoms with Crippen LogP contribution < -0.4 is 4.90 Å². The Morgan fingerprint density at radius 1 is 1.60 bits per heavy atom. The number of aromatic amines is 1. The third-order valence-electron chi connectivity index (χ3n) is 2.91. The van der Waals surface area contributed by atoms with E-state index < -0.39 is 5.97 Å². The van der Waals surface area contributed by atoms with Crippen LogP contribution in [0.1, 0.15) is 24.2 Å². The number of nitrogens with zero attached hydrogens (tertiary/aromatic N) is 2. The lowest BCUT2D eigenvalue weighted by Gasteiger charge is -2.23. The largest absolute Gasteiger partial charge is 0.480 e. The van der Waals surface area contributed by atoms with Gasteiger partial charge in [-0.15, -0.1) is 0 Å². The van der Waals surface area contributed by atoms with E-state index >= 15 is 0 Å². The molecule has 15 heavy (non-hydrogen) atoms. The van der Waals surface area contributed by atoms with E-state index in [0.29, 0.717) is 0 Å². The molecule has 0 spiro atoms. The number of rotatable bonds is 2. The molecule has 1 unspecified atom stereocenters. The van der Waals surface area contributed by atoms with E-state index in [1.807, 2.05) is 18.7 Å². The Hall–Kier alpha value is -1.52. The molecule has 1 atom stereocenters. The first kappa shape index (κ1) is 10.0. The summed E-state index contributed by atoms with van der Waals surface area (Å²) in [6.07, 6.45) is 1.65. The number of carboxylic acid groups (broad SMARTS) is 1. The molecule has 2 N–H and O–H groups in total. The molecule has 0 aromatic carbocycles. The van der Waals surface area contributed by atoms with Crippen LogP contribution in [0.2, 0.25) is 0 Å². The number of carboxylic acids is 1. The lowest BCUT2D eigenvalue weighted by atomic mass is 10.2. The van der Waals surface area contributed by atoms with Crippen LogP contribution in [0.3, 0.4) is 0 Å². The fourth-order valence-corrected chi connectivity index (χ4v) is 2.26. The Morgan fingerprint density at radius 3 is 2.87 bits per heavy atom. The van der Waals surface area contributed by atoms with Crippen molar-refractivity contribution in [3.05, 3.63) is 11.4 Å². The highest BCUT2D eigenvalue weighted by Crippen LogP contribution is 2.29. The van der Waals surface area contributed by atoms with Gasteiger partial charge in [0.15, 0.2) is 0 Å². The fraction of sp³-hybridized carbons (Fsp3) is 0.600. The molecular weight excluding hydrogens is 194 g/mol. The highest BCUT2D eigenvalue weighted by molar-refractivity contribution is 5.79. The number of nitrogens with one attached hydrogen (secondary N) is 1. The number of hydrogen-bond donors (Lipinski definition) is 2. The SMILES string of the molecule is Cc1n[nH]c(C)c1N1CCCC1C(=O)O. The quantitative estimate of drug-likeness (QED) is 0.764. The van der Waals surface area contributed by atoms with E-state index in [-0.39, 0.29) is 6.04 Å². The van der Waals surface area contributed by atoms with E-state index in [4.69, 9.17) is 5.11 Å². The summed E-state index contributed by atoms with van der Waals surface area (Å²) in [7, 11) is 0. The summed E-state index contributed by atoms with van der Waals surface area (Å²) in [5.41, 5.74) is 2.78. The van der Waals surface area contributed by atoms with Crippen molar-refractivity contribution in [1.29, 1.82) is 0 Å². The van der Waals surface area contributed by atoms with Gasteiger partial charge in [-0.1, -0.05) is 0 Å². The van der Waals surface area contributed by atoms with Crippen LogP contribution >= 0.6 is 0 Å². The van der Waals surface area contributed by atoms with Crippen molar-refractivity contribution in [2.75, 3.05) is 11.4 Å². The first-order valence-corrected chi connectivity index (χ1v) is 5.12. The molecule has 82 valence electrons. The second kappa shape index (κ2) is 3.56. The molecule has 0 saturated carbocycles. The molecule has 2 heterocycles. The summed E-state index contributed by atoms with van der Waals surface area (Å²) in [5, 5.41) is 16.1. The molecule has 5 nitrogen and oxygen atoms in total. The second-order valence-electron chi connectivity index (χ2n) is 3.97. The van der Waals surface area contributed by atoms with Crippen LogP contribution in [0.15, 0.2) is 0 Å². The maximum atomic E-state index is 11.1. The smallest absolute Gasteiger partial charge is 0.326 e. The van der Waals surface area contributed by atoms with Crippen molar-refractivity contribution >= 4 is 11.7 Å². The summed E-state index contributed by atoms with van der Waals surface area (Å²) >= 11 is 0. The third kappa shape index (κ3) is 1.58. The average Bonchev–Trinajstić information content (AvgIpc) is 2.73. The molecule has 1 fully saturated rings. The first-order chi connectivity index (χ1) is 7.11. The number of hydrogen-bond acceptors (Lipinski definition) is 3. The lowest BCUT2D eigenvalue weighted by molar-refractivity contribution is -0.138. The van der Waals surface area contributed by atoms with E-state index in [9.17, 15) is 4.79 Å². The van der Waals surface area contributed by atoms with Gasteiger partial charge in [0.2, 0.25) is 0 Å². The maximum absolute atomic E-state index is 11.1. The van der Waals surface area contributed by atoms with Crippen LogP contribution in [0.4, 0.5) is 5.69 Å². The fourth-order valence-electron chi connectivity index (χ4n) is 2.26. The molecule has 2 rings (SSSR count). The minimum Gasteiger partial charge on any atom is -0.480 e. The zero-order chi connectivity index (χ0) is 11.0. The summed E-state index contributed by atoms with van der Waals surface area (Å²) in [5.74, 6) is -0.743. The molecule has 0 radical (unpaired) electrons. The van der Waals surface area contributed by atoms with Gasteiger partial charge in [0, 0.05) is 6.54 Å². The maximum Gasteiger partial charge on any atom is 0.326 e. The van der Waals surface area contributed by atoms with Gasteiger partial charge in [-0.05, 0) is 26.7 Å². The van der Waals surface area contributed by atoms with E-state index in [1.54, 1.807) is 0 Å². The monoisotopic (exact) mass is 209 g/mol. The molecule has 0 amide bonds. The van der Waals surface area contributed by atoms with Crippen molar-refractivity contribution in [3.8, 4) is 0 Å². The Morgan fingerprint density at radius 2 is 2.33 bits per heavy atom. The third-order valence-corrected chi connectivity index (χ3v) is 2.91. The highest BCUT2D eigenvalue weighted by Gasteiger charge is 2.32. The van der Waals surface area contributed by atoms with Crippen molar-refractivity contribution < 1.29 is 9.90 Å². The summed E-state index contributed by atoms with van der Waals surface area (Å²) in [6, 6.07) is -0.389. The van der Waals surface area contributed by atoms with E-state index in [2.05, 4.69) is 10.2 Å². The molecule has 5 heteroatoms. The Bertz CT molecular complexity index is 367. The minimum absolute atomic E-state index is 0.389. The lowest BCUT2D eigenvalue weighted by Crippen LogP contribution is -2.36. The topological polar surface area (TPSA) is 69.2 Å². The summed E-state index contributed by atoms with van der Waals surface area (Å²) in [4.78, 5) is 13.0.